The number of ether oxygens (including phenoxy) is 5. The molecule has 63 heavy (non-hydrogen) atoms. The predicted octanol–water partition coefficient (Wildman–Crippen LogP) is 12.0. The molecule has 11 nitrogen and oxygen atoms in total. The molecule has 0 aromatic rings. The number of methoxy groups -OCH3 is 3. The molecule has 0 radical (unpaired) electrons. The van der Waals surface area contributed by atoms with E-state index >= 15 is 0 Å². The van der Waals surface area contributed by atoms with Crippen LogP contribution in [0.3, 0.4) is 0 Å². The number of rotatable bonds is 45. The molecule has 0 fully saturated rings. The van der Waals surface area contributed by atoms with Gasteiger partial charge in [-0.15, -0.1) is 0 Å². The van der Waals surface area contributed by atoms with Gasteiger partial charge in [-0.05, 0) is 58.3 Å². The summed E-state index contributed by atoms with van der Waals surface area (Å²) >= 11 is 0. The predicted molar refractivity (Wildman–Crippen MR) is 261 cm³/mol. The molecule has 0 rings (SSSR count). The molecule has 0 bridgehead atoms. The lowest BCUT2D eigenvalue weighted by molar-refractivity contribution is -0.144. The molecule has 0 aromatic carbocycles. The van der Waals surface area contributed by atoms with Crippen molar-refractivity contribution in [1.82, 2.24) is 5.32 Å². The molecule has 0 aliphatic rings. The van der Waals surface area contributed by atoms with Crippen LogP contribution in [0.25, 0.3) is 0 Å². The zero-order chi connectivity index (χ0) is 47.3. The molecule has 0 aliphatic carbocycles. The molecule has 1 amide bonds. The summed E-state index contributed by atoms with van der Waals surface area (Å²) < 4.78 is 25.1. The van der Waals surface area contributed by atoms with Gasteiger partial charge in [-0.25, -0.2) is 0 Å². The summed E-state index contributed by atoms with van der Waals surface area (Å²) in [7, 11) is 4.93. The quantitative estimate of drug-likeness (QED) is 0.0233. The Morgan fingerprint density at radius 2 is 1.03 bits per heavy atom. The first-order valence-electron chi connectivity index (χ1n) is 25.7. The summed E-state index contributed by atoms with van der Waals surface area (Å²) in [5.74, 6) is -0.347. The number of amides is 1. The molecule has 0 saturated heterocycles. The molecule has 376 valence electrons. The first kappa shape index (κ1) is 65.4. The SMILES string of the molecule is CCCCCCCC/C=C/CCCCCCCC(=O)NC(COC)C(O)C(O)CCCCCCCCCCCCCC.CCCOC(=O)CCC=O.COCCOC(C)CCOC. The van der Waals surface area contributed by atoms with Gasteiger partial charge >= 0.3 is 5.97 Å². The van der Waals surface area contributed by atoms with Crippen LogP contribution in [0.4, 0.5) is 0 Å². The topological polar surface area (TPSA) is 150 Å². The average molecular weight is 902 g/mol. The molecule has 11 heteroatoms. The van der Waals surface area contributed by atoms with Gasteiger partial charge in [0.05, 0.1) is 51.1 Å². The van der Waals surface area contributed by atoms with Crippen molar-refractivity contribution in [2.45, 2.75) is 251 Å². The Kier molecular flexibility index (Phi) is 58.4. The molecule has 4 atom stereocenters. The largest absolute Gasteiger partial charge is 0.466 e. The van der Waals surface area contributed by atoms with Crippen LogP contribution < -0.4 is 5.32 Å². The average Bonchev–Trinajstić information content (AvgIpc) is 3.28. The van der Waals surface area contributed by atoms with E-state index in [1.54, 1.807) is 21.3 Å². The number of hydrogen-bond acceptors (Lipinski definition) is 10. The smallest absolute Gasteiger partial charge is 0.306 e. The summed E-state index contributed by atoms with van der Waals surface area (Å²) in [5, 5.41) is 24.1. The van der Waals surface area contributed by atoms with Gasteiger partial charge in [0, 0.05) is 40.8 Å². The summed E-state index contributed by atoms with van der Waals surface area (Å²) in [6.45, 7) is 11.2. The third-order valence-corrected chi connectivity index (χ3v) is 10.9. The van der Waals surface area contributed by atoms with Crippen molar-refractivity contribution in [3.8, 4) is 0 Å². The fourth-order valence-electron chi connectivity index (χ4n) is 6.84. The number of esters is 1. The van der Waals surface area contributed by atoms with Crippen LogP contribution in [0.1, 0.15) is 227 Å². The van der Waals surface area contributed by atoms with Gasteiger partial charge in [0.2, 0.25) is 5.91 Å². The number of allylic oxidation sites excluding steroid dienone is 2. The highest BCUT2D eigenvalue weighted by molar-refractivity contribution is 5.76. The monoisotopic (exact) mass is 902 g/mol. The van der Waals surface area contributed by atoms with Crippen LogP contribution in [0.15, 0.2) is 12.2 Å². The molecule has 0 aromatic heterocycles. The van der Waals surface area contributed by atoms with E-state index in [9.17, 15) is 24.6 Å². The molecule has 3 N–H and O–H groups in total. The Morgan fingerprint density at radius 3 is 1.51 bits per heavy atom. The summed E-state index contributed by atoms with van der Waals surface area (Å²) in [4.78, 5) is 32.8. The van der Waals surface area contributed by atoms with Crippen LogP contribution in [0.5, 0.6) is 0 Å². The van der Waals surface area contributed by atoms with Crippen LogP contribution in [0.2, 0.25) is 0 Å². The summed E-state index contributed by atoms with van der Waals surface area (Å²) in [6.07, 6.45) is 38.4. The van der Waals surface area contributed by atoms with Crippen molar-refractivity contribution in [2.24, 2.45) is 0 Å². The maximum Gasteiger partial charge on any atom is 0.306 e. The van der Waals surface area contributed by atoms with Crippen molar-refractivity contribution in [2.75, 3.05) is 54.4 Å². The second kappa shape index (κ2) is 56.2. The molecule has 0 heterocycles. The number of carbonyl (C=O) groups is 3. The van der Waals surface area contributed by atoms with Crippen LogP contribution in [0, 0.1) is 0 Å². The number of aliphatic hydroxyl groups is 2. The molecular weight excluding hydrogens is 799 g/mol. The fraction of sp³-hybridized carbons (Fsp3) is 0.904. The second-order valence-corrected chi connectivity index (χ2v) is 17.1. The van der Waals surface area contributed by atoms with E-state index in [1.165, 1.54) is 122 Å². The van der Waals surface area contributed by atoms with E-state index in [0.29, 0.717) is 38.9 Å². The van der Waals surface area contributed by atoms with Crippen LogP contribution in [-0.2, 0) is 38.1 Å². The minimum atomic E-state index is -1.00. The number of nitrogens with one attached hydrogen (secondary N) is 1. The first-order valence-corrected chi connectivity index (χ1v) is 25.7. The minimum Gasteiger partial charge on any atom is -0.466 e. The number of hydrogen-bond donors (Lipinski definition) is 3. The Morgan fingerprint density at radius 1 is 0.540 bits per heavy atom. The third kappa shape index (κ3) is 54.4. The standard InChI is InChI=1S/C37H73NO4.C8H18O3.C7H12O3/c1-4-6-8-10-12-14-16-18-19-20-22-24-26-28-30-32-36(40)38-34(33-42-3)37(41)35(39)31-29-27-25-23-21-17-15-13-11-9-7-5-2;1-8(4-5-9-2)11-7-6-10-3;1-2-6-10-7(9)4-3-5-8/h18-19,34-35,37,39,41H,4-17,20-33H2,1-3H3,(H,38,40);8H,4-7H2,1-3H3;5H,2-4,6H2,1H3/b19-18+;;. The van der Waals surface area contributed by atoms with Crippen molar-refractivity contribution in [3.05, 3.63) is 12.2 Å². The maximum atomic E-state index is 12.5. The van der Waals surface area contributed by atoms with E-state index in [2.05, 4.69) is 31.3 Å². The highest BCUT2D eigenvalue weighted by Crippen LogP contribution is 2.16. The van der Waals surface area contributed by atoms with E-state index in [1.807, 2.05) is 13.8 Å². The van der Waals surface area contributed by atoms with Crippen molar-refractivity contribution >= 4 is 18.2 Å². The van der Waals surface area contributed by atoms with Gasteiger partial charge < -0.3 is 44.0 Å². The van der Waals surface area contributed by atoms with Gasteiger partial charge in [-0.1, -0.05) is 161 Å². The zero-order valence-corrected chi connectivity index (χ0v) is 42.2. The van der Waals surface area contributed by atoms with E-state index in [4.69, 9.17) is 23.7 Å². The van der Waals surface area contributed by atoms with Crippen molar-refractivity contribution in [3.63, 3.8) is 0 Å². The lowest BCUT2D eigenvalue weighted by Crippen LogP contribution is -2.51. The van der Waals surface area contributed by atoms with E-state index in [-0.39, 0.29) is 37.4 Å². The van der Waals surface area contributed by atoms with Crippen LogP contribution >= 0.6 is 0 Å². The first-order chi connectivity index (χ1) is 30.7. The minimum absolute atomic E-state index is 0.0636. The highest BCUT2D eigenvalue weighted by atomic mass is 16.5. The molecule has 4 unspecified atom stereocenters. The van der Waals surface area contributed by atoms with Crippen molar-refractivity contribution in [1.29, 1.82) is 0 Å². The van der Waals surface area contributed by atoms with Gasteiger partial charge in [0.25, 0.3) is 0 Å². The van der Waals surface area contributed by atoms with Gasteiger partial charge in [0.1, 0.15) is 12.4 Å². The van der Waals surface area contributed by atoms with Crippen LogP contribution in [-0.4, -0.2) is 107 Å². The normalized spacial score (nSPS) is 13.0. The van der Waals surface area contributed by atoms with Crippen molar-refractivity contribution < 1.29 is 48.3 Å². The number of aliphatic hydroxyl groups excluding tert-OH is 2. The number of unbranched alkanes of at least 4 members (excludes halogenated alkanes) is 22. The Bertz CT molecular complexity index is 952. The molecule has 0 spiro atoms. The molecule has 0 aliphatic heterocycles. The Balaban J connectivity index is -0.00000139. The fourth-order valence-corrected chi connectivity index (χ4v) is 6.84. The molecule has 0 saturated carbocycles. The van der Waals surface area contributed by atoms with Gasteiger partial charge in [-0.2, -0.15) is 0 Å². The van der Waals surface area contributed by atoms with E-state index in [0.717, 1.165) is 58.0 Å². The third-order valence-electron chi connectivity index (χ3n) is 10.9. The van der Waals surface area contributed by atoms with E-state index < -0.39 is 18.2 Å². The van der Waals surface area contributed by atoms with Gasteiger partial charge in [-0.3, -0.25) is 9.59 Å². The highest BCUT2D eigenvalue weighted by Gasteiger charge is 2.27. The lowest BCUT2D eigenvalue weighted by atomic mass is 9.99. The summed E-state index contributed by atoms with van der Waals surface area (Å²) in [5.41, 5.74) is 0. The molecular formula is C52H103NO10. The maximum absolute atomic E-state index is 12.5. The zero-order valence-electron chi connectivity index (χ0n) is 42.2. The lowest BCUT2D eigenvalue weighted by Gasteiger charge is -2.27. The van der Waals surface area contributed by atoms with Gasteiger partial charge in [0.15, 0.2) is 0 Å². The number of aldehydes is 1. The summed E-state index contributed by atoms with van der Waals surface area (Å²) in [6, 6.07) is -0.571. The Hall–Kier alpha value is -1.89. The second-order valence-electron chi connectivity index (χ2n) is 17.1. The Labute approximate surface area is 388 Å². The number of carbonyl (C=O) groups excluding carboxylic acids is 3.